The van der Waals surface area contributed by atoms with E-state index in [0.29, 0.717) is 23.2 Å². The highest BCUT2D eigenvalue weighted by atomic mass is 32.2. The highest BCUT2D eigenvalue weighted by Crippen LogP contribution is 2.27. The second-order valence-electron chi connectivity index (χ2n) is 5.86. The Labute approximate surface area is 142 Å². The topological polar surface area (TPSA) is 79.5 Å². The molecule has 130 valence electrons. The number of aryl methyl sites for hydroxylation is 1. The number of aromatic nitrogens is 2. The third-order valence-electron chi connectivity index (χ3n) is 4.23. The third-order valence-corrected chi connectivity index (χ3v) is 6.00. The number of nitrogens with zero attached hydrogens (tertiary/aromatic N) is 4. The lowest BCUT2D eigenvalue weighted by Gasteiger charge is -2.36. The minimum atomic E-state index is -3.23. The van der Waals surface area contributed by atoms with E-state index in [1.807, 2.05) is 12.1 Å². The number of piperazine rings is 1. The molecule has 1 fully saturated rings. The van der Waals surface area contributed by atoms with Crippen LogP contribution in [0.1, 0.15) is 18.6 Å². The molecular weight excluding hydrogens is 328 g/mol. The Kier molecular flexibility index (Phi) is 4.86. The van der Waals surface area contributed by atoms with E-state index < -0.39 is 9.84 Å². The summed E-state index contributed by atoms with van der Waals surface area (Å²) < 4.78 is 29.6. The maximum Gasteiger partial charge on any atom is 0.223 e. The molecule has 0 unspecified atom stereocenters. The zero-order valence-corrected chi connectivity index (χ0v) is 14.8. The van der Waals surface area contributed by atoms with Crippen LogP contribution in [0.2, 0.25) is 0 Å². The molecule has 3 rings (SSSR count). The van der Waals surface area contributed by atoms with Crippen LogP contribution >= 0.6 is 0 Å². The van der Waals surface area contributed by atoms with Crippen molar-refractivity contribution in [2.45, 2.75) is 25.3 Å². The summed E-state index contributed by atoms with van der Waals surface area (Å²) in [6.07, 6.45) is 0. The summed E-state index contributed by atoms with van der Waals surface area (Å²) in [6.45, 7) is 7.30. The summed E-state index contributed by atoms with van der Waals surface area (Å²) in [5.41, 5.74) is 0.800. The van der Waals surface area contributed by atoms with E-state index in [1.165, 1.54) is 0 Å². The summed E-state index contributed by atoms with van der Waals surface area (Å²) in [5, 5.41) is 3.92. The van der Waals surface area contributed by atoms with Gasteiger partial charge in [-0.15, -0.1) is 0 Å². The van der Waals surface area contributed by atoms with E-state index in [9.17, 15) is 8.42 Å². The fourth-order valence-electron chi connectivity index (χ4n) is 2.89. The normalized spacial score (nSPS) is 16.5. The van der Waals surface area contributed by atoms with E-state index in [-0.39, 0.29) is 5.75 Å². The Morgan fingerprint density at radius 1 is 1.17 bits per heavy atom. The molecule has 0 atom stereocenters. The highest BCUT2D eigenvalue weighted by Gasteiger charge is 2.24. The van der Waals surface area contributed by atoms with Gasteiger partial charge in [-0.1, -0.05) is 24.2 Å². The Morgan fingerprint density at radius 3 is 2.50 bits per heavy atom. The van der Waals surface area contributed by atoms with Crippen molar-refractivity contribution in [1.82, 2.24) is 15.0 Å². The van der Waals surface area contributed by atoms with Crippen molar-refractivity contribution >= 4 is 15.5 Å². The van der Waals surface area contributed by atoms with E-state index in [4.69, 9.17) is 4.52 Å². The van der Waals surface area contributed by atoms with E-state index in [2.05, 4.69) is 19.9 Å². The van der Waals surface area contributed by atoms with Gasteiger partial charge in [0.05, 0.1) is 22.9 Å². The number of anilines is 1. The van der Waals surface area contributed by atoms with Crippen LogP contribution in [-0.4, -0.2) is 55.4 Å². The van der Waals surface area contributed by atoms with Gasteiger partial charge in [-0.3, -0.25) is 4.90 Å². The van der Waals surface area contributed by atoms with Crippen LogP contribution in [0.15, 0.2) is 33.7 Å². The van der Waals surface area contributed by atoms with Gasteiger partial charge < -0.3 is 9.42 Å². The van der Waals surface area contributed by atoms with Crippen LogP contribution in [0.3, 0.4) is 0 Å². The summed E-state index contributed by atoms with van der Waals surface area (Å²) in [7, 11) is -3.23. The predicted octanol–water partition coefficient (Wildman–Crippen LogP) is 1.49. The van der Waals surface area contributed by atoms with Gasteiger partial charge in [0, 0.05) is 33.1 Å². The fourth-order valence-corrected chi connectivity index (χ4v) is 4.00. The first kappa shape index (κ1) is 16.9. The standard InChI is InChI=1S/C16H22N4O3S/c1-3-24(21,22)15-7-5-4-6-14(15)20-10-8-19(9-11-20)12-16-17-13(2)23-18-16/h4-7H,3,8-12H2,1-2H3. The van der Waals surface area contributed by atoms with Gasteiger partial charge in [0.25, 0.3) is 0 Å². The van der Waals surface area contributed by atoms with Crippen molar-refractivity contribution in [3.05, 3.63) is 36.0 Å². The minimum absolute atomic E-state index is 0.112. The lowest BCUT2D eigenvalue weighted by molar-refractivity contribution is 0.239. The van der Waals surface area contributed by atoms with Crippen molar-refractivity contribution in [3.63, 3.8) is 0 Å². The van der Waals surface area contributed by atoms with Crippen LogP contribution in [0.25, 0.3) is 0 Å². The zero-order valence-electron chi connectivity index (χ0n) is 14.0. The van der Waals surface area contributed by atoms with Crippen LogP contribution in [-0.2, 0) is 16.4 Å². The lowest BCUT2D eigenvalue weighted by Crippen LogP contribution is -2.46. The lowest BCUT2D eigenvalue weighted by atomic mass is 10.2. The second kappa shape index (κ2) is 6.90. The monoisotopic (exact) mass is 350 g/mol. The first-order valence-electron chi connectivity index (χ1n) is 8.08. The predicted molar refractivity (Wildman–Crippen MR) is 90.7 cm³/mol. The number of hydrogen-bond donors (Lipinski definition) is 0. The smallest absolute Gasteiger partial charge is 0.223 e. The summed E-state index contributed by atoms with van der Waals surface area (Å²) >= 11 is 0. The fraction of sp³-hybridized carbons (Fsp3) is 0.500. The van der Waals surface area contributed by atoms with Gasteiger partial charge in [0.15, 0.2) is 15.7 Å². The number of rotatable bonds is 5. The van der Waals surface area contributed by atoms with Crippen LogP contribution in [0, 0.1) is 6.92 Å². The average Bonchev–Trinajstić information content (AvgIpc) is 3.00. The summed E-state index contributed by atoms with van der Waals surface area (Å²) in [6, 6.07) is 7.25. The molecule has 0 bridgehead atoms. The SMILES string of the molecule is CCS(=O)(=O)c1ccccc1N1CCN(Cc2noc(C)n2)CC1. The van der Waals surface area contributed by atoms with E-state index in [1.54, 1.807) is 26.0 Å². The first-order valence-corrected chi connectivity index (χ1v) is 9.73. The van der Waals surface area contributed by atoms with Crippen molar-refractivity contribution < 1.29 is 12.9 Å². The molecule has 1 aliphatic heterocycles. The molecule has 0 saturated carbocycles. The molecule has 24 heavy (non-hydrogen) atoms. The third kappa shape index (κ3) is 3.59. The summed E-state index contributed by atoms with van der Waals surface area (Å²) in [5.74, 6) is 1.37. The molecule has 8 heteroatoms. The number of para-hydroxylation sites is 1. The molecule has 7 nitrogen and oxygen atoms in total. The molecule has 0 radical (unpaired) electrons. The van der Waals surface area contributed by atoms with Crippen LogP contribution < -0.4 is 4.90 Å². The van der Waals surface area contributed by atoms with E-state index in [0.717, 1.165) is 31.9 Å². The number of benzene rings is 1. The maximum absolute atomic E-state index is 12.3. The average molecular weight is 350 g/mol. The van der Waals surface area contributed by atoms with Crippen molar-refractivity contribution in [2.75, 3.05) is 36.8 Å². The van der Waals surface area contributed by atoms with Crippen molar-refractivity contribution in [1.29, 1.82) is 0 Å². The first-order chi connectivity index (χ1) is 11.5. The molecule has 0 amide bonds. The molecular formula is C16H22N4O3S. The van der Waals surface area contributed by atoms with Gasteiger partial charge in [-0.05, 0) is 12.1 Å². The zero-order chi connectivity index (χ0) is 17.2. The molecule has 1 aromatic carbocycles. The van der Waals surface area contributed by atoms with Crippen LogP contribution in [0.5, 0.6) is 0 Å². The van der Waals surface area contributed by atoms with Gasteiger partial charge in [0.1, 0.15) is 0 Å². The van der Waals surface area contributed by atoms with Gasteiger partial charge in [-0.25, -0.2) is 8.42 Å². The molecule has 0 spiro atoms. The van der Waals surface area contributed by atoms with Crippen molar-refractivity contribution in [2.24, 2.45) is 0 Å². The Morgan fingerprint density at radius 2 is 1.88 bits per heavy atom. The van der Waals surface area contributed by atoms with E-state index >= 15 is 0 Å². The van der Waals surface area contributed by atoms with Crippen LogP contribution in [0.4, 0.5) is 5.69 Å². The number of hydrogen-bond acceptors (Lipinski definition) is 7. The molecule has 2 aromatic rings. The second-order valence-corrected chi connectivity index (χ2v) is 8.11. The molecule has 0 N–H and O–H groups in total. The summed E-state index contributed by atoms with van der Waals surface area (Å²) in [4.78, 5) is 9.04. The Balaban J connectivity index is 1.69. The highest BCUT2D eigenvalue weighted by molar-refractivity contribution is 7.91. The molecule has 2 heterocycles. The largest absolute Gasteiger partial charge is 0.368 e. The van der Waals surface area contributed by atoms with Gasteiger partial charge >= 0.3 is 0 Å². The van der Waals surface area contributed by atoms with Gasteiger partial charge in [-0.2, -0.15) is 4.98 Å². The molecule has 1 aromatic heterocycles. The molecule has 1 aliphatic rings. The Bertz CT molecular complexity index is 795. The quantitative estimate of drug-likeness (QED) is 0.808. The molecule has 1 saturated heterocycles. The van der Waals surface area contributed by atoms with Crippen molar-refractivity contribution in [3.8, 4) is 0 Å². The van der Waals surface area contributed by atoms with Gasteiger partial charge in [0.2, 0.25) is 5.89 Å². The minimum Gasteiger partial charge on any atom is -0.368 e. The Hall–Kier alpha value is -1.93. The molecule has 0 aliphatic carbocycles. The number of sulfone groups is 1. The maximum atomic E-state index is 12.3.